The first-order valence-corrected chi connectivity index (χ1v) is 21.5. The monoisotopic (exact) mass is 866 g/mol. The van der Waals surface area contributed by atoms with Gasteiger partial charge < -0.3 is 28.1 Å². The summed E-state index contributed by atoms with van der Waals surface area (Å²) in [7, 11) is -9.75. The maximum absolute atomic E-state index is 12.4. The Balaban J connectivity index is 0.00000108. The van der Waals surface area contributed by atoms with Crippen LogP contribution in [0, 0.1) is 23.7 Å². The molecule has 0 heterocycles. The van der Waals surface area contributed by atoms with Crippen LogP contribution in [0.4, 0.5) is 0 Å². The number of esters is 4. The molecule has 0 bridgehead atoms. The average molecular weight is 867 g/mol. The second-order valence-electron chi connectivity index (χ2n) is 15.8. The van der Waals surface area contributed by atoms with Gasteiger partial charge in [-0.3, -0.25) is 0 Å². The minimum Gasteiger partial charge on any atom is -0.744 e. The Morgan fingerprint density at radius 2 is 0.596 bits per heavy atom. The fraction of sp³-hybridized carbons (Fsp3) is 0.600. The average Bonchev–Trinajstić information content (AvgIpc) is 3.02. The van der Waals surface area contributed by atoms with E-state index in [-0.39, 0.29) is 60.0 Å². The van der Waals surface area contributed by atoms with Gasteiger partial charge in [-0.1, -0.05) is 55.4 Å². The summed E-state index contributed by atoms with van der Waals surface area (Å²) in [5, 5.41) is 0. The van der Waals surface area contributed by atoms with E-state index in [1.54, 1.807) is 27.7 Å². The van der Waals surface area contributed by atoms with E-state index < -0.39 is 78.3 Å². The molecule has 0 aliphatic heterocycles. The third kappa shape index (κ3) is 21.3. The number of ether oxygens (including phenoxy) is 4. The third-order valence-electron chi connectivity index (χ3n) is 7.78. The van der Waals surface area contributed by atoms with Gasteiger partial charge in [0.1, 0.15) is 20.2 Å². The van der Waals surface area contributed by atoms with E-state index in [1.165, 1.54) is 12.1 Å². The van der Waals surface area contributed by atoms with Gasteiger partial charge in [0, 0.05) is 0 Å². The van der Waals surface area contributed by atoms with Crippen LogP contribution < -0.4 is 0 Å². The van der Waals surface area contributed by atoms with Crippen molar-refractivity contribution in [3.05, 3.63) is 58.7 Å². The summed E-state index contributed by atoms with van der Waals surface area (Å²) < 4.78 is 89.9. The van der Waals surface area contributed by atoms with Gasteiger partial charge in [0.2, 0.25) is 0 Å². The number of carbonyl (C=O) groups excluding carboxylic acids is 4. The van der Waals surface area contributed by atoms with Gasteiger partial charge in [0.25, 0.3) is 0 Å². The Labute approximate surface area is 368 Å². The number of hydrogen-bond acceptors (Lipinski definition) is 14. The first-order chi connectivity index (χ1) is 25.6. The van der Waals surface area contributed by atoms with Crippen molar-refractivity contribution in [2.75, 3.05) is 0 Å². The van der Waals surface area contributed by atoms with Crippen LogP contribution in [0.1, 0.15) is 150 Å². The van der Waals surface area contributed by atoms with E-state index in [2.05, 4.69) is 0 Å². The Hall–Kier alpha value is -2.60. The molecule has 0 fully saturated rings. The van der Waals surface area contributed by atoms with E-state index in [1.807, 2.05) is 55.4 Å². The number of hydrogen-bond donors (Lipinski definition) is 0. The topological polar surface area (TPSA) is 220 Å². The van der Waals surface area contributed by atoms with Gasteiger partial charge in [-0.25, -0.2) is 36.0 Å². The van der Waals surface area contributed by atoms with Crippen molar-refractivity contribution in [1.29, 1.82) is 0 Å². The molecule has 0 saturated carbocycles. The number of carbonyl (C=O) groups is 4. The molecule has 0 N–H and O–H groups in total. The van der Waals surface area contributed by atoms with Gasteiger partial charge in [0.15, 0.2) is 0 Å². The van der Waals surface area contributed by atoms with E-state index in [9.17, 15) is 45.1 Å². The molecule has 2 aromatic rings. The maximum Gasteiger partial charge on any atom is 2.00 e. The standard InChI is InChI=1S/2C20H30O7S.Ca/c2*1-12(2)7-14(5)26-19(21)16-9-17(11-18(10-16)28(23,24)25)20(22)27-15(6)8-13(3)4;/h2*9-15H,7-8H2,1-6H3,(H,23,24,25);/q;;+2/p-2. The van der Waals surface area contributed by atoms with Gasteiger partial charge in [-0.15, -0.1) is 0 Å². The van der Waals surface area contributed by atoms with Crippen LogP contribution in [0.15, 0.2) is 46.2 Å². The normalized spacial score (nSPS) is 13.8. The molecule has 14 nitrogen and oxygen atoms in total. The van der Waals surface area contributed by atoms with Crippen LogP contribution in [0.3, 0.4) is 0 Å². The van der Waals surface area contributed by atoms with Gasteiger partial charge in [-0.2, -0.15) is 0 Å². The Morgan fingerprint density at radius 3 is 0.737 bits per heavy atom. The van der Waals surface area contributed by atoms with Crippen molar-refractivity contribution in [2.45, 2.75) is 143 Å². The molecule has 0 aliphatic carbocycles. The molecule has 0 spiro atoms. The fourth-order valence-electron chi connectivity index (χ4n) is 5.81. The molecule has 57 heavy (non-hydrogen) atoms. The van der Waals surface area contributed by atoms with Crippen molar-refractivity contribution < 1.29 is 64.1 Å². The Bertz CT molecular complexity index is 1640. The molecule has 17 heteroatoms. The Morgan fingerprint density at radius 1 is 0.421 bits per heavy atom. The summed E-state index contributed by atoms with van der Waals surface area (Å²) in [4.78, 5) is 48.2. The molecule has 0 saturated heterocycles. The largest absolute Gasteiger partial charge is 2.00 e. The van der Waals surface area contributed by atoms with Crippen LogP contribution in [-0.2, 0) is 39.2 Å². The van der Waals surface area contributed by atoms with Gasteiger partial charge in [0.05, 0.1) is 56.5 Å². The summed E-state index contributed by atoms with van der Waals surface area (Å²) >= 11 is 0. The van der Waals surface area contributed by atoms with E-state index >= 15 is 0 Å². The van der Waals surface area contributed by atoms with Crippen molar-refractivity contribution in [2.24, 2.45) is 23.7 Å². The summed E-state index contributed by atoms with van der Waals surface area (Å²) in [6.45, 7) is 22.7. The molecular weight excluding hydrogens is 809 g/mol. The van der Waals surface area contributed by atoms with Crippen LogP contribution in [0.2, 0.25) is 0 Å². The summed E-state index contributed by atoms with van der Waals surface area (Å²) in [5.74, 6) is -2.03. The summed E-state index contributed by atoms with van der Waals surface area (Å²) in [5.41, 5.74) is -0.737. The maximum atomic E-state index is 12.4. The van der Waals surface area contributed by atoms with Crippen molar-refractivity contribution in [3.63, 3.8) is 0 Å². The van der Waals surface area contributed by atoms with Gasteiger partial charge >= 0.3 is 61.6 Å². The van der Waals surface area contributed by atoms with Crippen LogP contribution in [-0.4, -0.2) is 112 Å². The number of rotatable bonds is 18. The van der Waals surface area contributed by atoms with Crippen LogP contribution >= 0.6 is 0 Å². The van der Waals surface area contributed by atoms with E-state index in [0.717, 1.165) is 24.3 Å². The molecule has 2 aromatic carbocycles. The van der Waals surface area contributed by atoms with Crippen LogP contribution in [0.25, 0.3) is 0 Å². The molecule has 0 aromatic heterocycles. The second kappa shape index (κ2) is 24.5. The molecule has 4 unspecified atom stereocenters. The Kier molecular flexibility index (Phi) is 23.4. The predicted octanol–water partition coefficient (Wildman–Crippen LogP) is 7.17. The SMILES string of the molecule is CC(C)CC(C)OC(=O)c1cc(C(=O)OC(C)CC(C)C)cc(S(=O)(=O)[O-])c1.CC(C)CC(C)OC(=O)c1cc(C(=O)OC(C)CC(C)C)cc(S(=O)(=O)[O-])c1.[Ca+2]. The number of benzene rings is 2. The first-order valence-electron chi connectivity index (χ1n) is 18.6. The molecule has 2 rings (SSSR count). The minimum absolute atomic E-state index is 0. The zero-order valence-corrected chi connectivity index (χ0v) is 39.0. The van der Waals surface area contributed by atoms with Gasteiger partial charge in [-0.05, 0) is 113 Å². The van der Waals surface area contributed by atoms with Crippen molar-refractivity contribution >= 4 is 81.9 Å². The summed E-state index contributed by atoms with van der Waals surface area (Å²) in [6, 6.07) is 6.04. The quantitative estimate of drug-likeness (QED) is 0.0628. The van der Waals surface area contributed by atoms with Crippen LogP contribution in [0.5, 0.6) is 0 Å². The van der Waals surface area contributed by atoms with E-state index in [0.29, 0.717) is 49.4 Å². The molecule has 0 amide bonds. The molecule has 0 aliphatic rings. The summed E-state index contributed by atoms with van der Waals surface area (Å²) in [6.07, 6.45) is 0.866. The molecule has 316 valence electrons. The predicted molar refractivity (Wildman–Crippen MR) is 212 cm³/mol. The minimum atomic E-state index is -4.88. The molecule has 0 radical (unpaired) electrons. The second-order valence-corrected chi connectivity index (χ2v) is 18.5. The zero-order valence-electron chi connectivity index (χ0n) is 35.2. The zero-order chi connectivity index (χ0) is 43.3. The van der Waals surface area contributed by atoms with E-state index in [4.69, 9.17) is 18.9 Å². The fourth-order valence-corrected chi connectivity index (χ4v) is 6.89. The molecule has 4 atom stereocenters. The first kappa shape index (κ1) is 54.4. The molecular formula is C40H58CaO14S2. The third-order valence-corrected chi connectivity index (χ3v) is 9.41. The van der Waals surface area contributed by atoms with Crippen molar-refractivity contribution in [1.82, 2.24) is 0 Å². The van der Waals surface area contributed by atoms with Crippen molar-refractivity contribution in [3.8, 4) is 0 Å². The smallest absolute Gasteiger partial charge is 0.744 e.